The molecule has 70 valence electrons. The minimum Gasteiger partial charge on any atom is -0.369 e. The maximum atomic E-state index is 13.0. The molecular formula is C9H9F2NO. The third kappa shape index (κ3) is 2.02. The number of benzene rings is 1. The van der Waals surface area contributed by atoms with Crippen molar-refractivity contribution in [2.24, 2.45) is 5.73 Å². The molecule has 1 aromatic rings. The maximum Gasteiger partial charge on any atom is 0.224 e. The predicted molar refractivity (Wildman–Crippen MR) is 44.0 cm³/mol. The van der Waals surface area contributed by atoms with Gasteiger partial charge in [0, 0.05) is 11.6 Å². The van der Waals surface area contributed by atoms with Crippen molar-refractivity contribution in [3.05, 3.63) is 35.4 Å². The summed E-state index contributed by atoms with van der Waals surface area (Å²) in [6.07, 6.45) is 0. The Morgan fingerprint density at radius 2 is 2.08 bits per heavy atom. The lowest BCUT2D eigenvalue weighted by Gasteiger charge is -2.07. The van der Waals surface area contributed by atoms with Crippen LogP contribution in [-0.4, -0.2) is 5.91 Å². The molecule has 1 amide bonds. The number of carbonyl (C=O) groups is 1. The lowest BCUT2D eigenvalue weighted by Crippen LogP contribution is -2.19. The van der Waals surface area contributed by atoms with Crippen molar-refractivity contribution in [3.8, 4) is 0 Å². The summed E-state index contributed by atoms with van der Waals surface area (Å²) in [7, 11) is 0. The lowest BCUT2D eigenvalue weighted by atomic mass is 10.0. The minimum absolute atomic E-state index is 0.119. The van der Waals surface area contributed by atoms with E-state index in [4.69, 9.17) is 5.73 Å². The Bertz CT molecular complexity index is 338. The maximum absolute atomic E-state index is 13.0. The molecule has 0 heterocycles. The van der Waals surface area contributed by atoms with Crippen molar-refractivity contribution >= 4 is 5.91 Å². The van der Waals surface area contributed by atoms with E-state index in [0.29, 0.717) is 0 Å². The van der Waals surface area contributed by atoms with Gasteiger partial charge in [0.05, 0.1) is 5.92 Å². The summed E-state index contributed by atoms with van der Waals surface area (Å²) in [5.41, 5.74) is 5.09. The van der Waals surface area contributed by atoms with E-state index in [1.54, 1.807) is 0 Å². The zero-order valence-corrected chi connectivity index (χ0v) is 7.05. The number of hydrogen-bond acceptors (Lipinski definition) is 1. The first kappa shape index (κ1) is 9.64. The van der Waals surface area contributed by atoms with Gasteiger partial charge in [-0.25, -0.2) is 8.78 Å². The molecule has 0 spiro atoms. The molecule has 2 N–H and O–H groups in total. The van der Waals surface area contributed by atoms with Gasteiger partial charge in [0.25, 0.3) is 0 Å². The van der Waals surface area contributed by atoms with Crippen molar-refractivity contribution in [1.29, 1.82) is 0 Å². The van der Waals surface area contributed by atoms with Gasteiger partial charge in [-0.05, 0) is 13.0 Å². The second kappa shape index (κ2) is 3.51. The van der Waals surface area contributed by atoms with E-state index in [-0.39, 0.29) is 5.56 Å². The normalized spacial score (nSPS) is 12.5. The Balaban J connectivity index is 3.08. The Morgan fingerprint density at radius 1 is 1.46 bits per heavy atom. The SMILES string of the molecule is CC(C(N)=O)c1ccc(F)cc1F. The summed E-state index contributed by atoms with van der Waals surface area (Å²) in [5.74, 6) is -2.78. The first-order valence-electron chi connectivity index (χ1n) is 3.76. The fraction of sp³-hybridized carbons (Fsp3) is 0.222. The molecule has 0 radical (unpaired) electrons. The highest BCUT2D eigenvalue weighted by molar-refractivity contribution is 5.81. The van der Waals surface area contributed by atoms with Crippen LogP contribution in [0.5, 0.6) is 0 Å². The molecule has 0 saturated heterocycles. The van der Waals surface area contributed by atoms with Gasteiger partial charge in [-0.15, -0.1) is 0 Å². The monoisotopic (exact) mass is 185 g/mol. The van der Waals surface area contributed by atoms with Crippen LogP contribution in [0.4, 0.5) is 8.78 Å². The summed E-state index contributed by atoms with van der Waals surface area (Å²) in [6, 6.07) is 3.05. The Labute approximate surface area is 74.4 Å². The molecule has 0 fully saturated rings. The zero-order chi connectivity index (χ0) is 10.0. The van der Waals surface area contributed by atoms with Crippen LogP contribution in [-0.2, 0) is 4.79 Å². The molecule has 13 heavy (non-hydrogen) atoms. The van der Waals surface area contributed by atoms with E-state index in [1.807, 2.05) is 0 Å². The molecule has 1 unspecified atom stereocenters. The highest BCUT2D eigenvalue weighted by Gasteiger charge is 2.15. The van der Waals surface area contributed by atoms with Crippen LogP contribution in [0, 0.1) is 11.6 Å². The highest BCUT2D eigenvalue weighted by atomic mass is 19.1. The number of rotatable bonds is 2. The second-order valence-electron chi connectivity index (χ2n) is 2.79. The van der Waals surface area contributed by atoms with Crippen LogP contribution < -0.4 is 5.73 Å². The molecule has 4 heteroatoms. The van der Waals surface area contributed by atoms with Gasteiger partial charge in [-0.2, -0.15) is 0 Å². The van der Waals surface area contributed by atoms with Crippen molar-refractivity contribution in [3.63, 3.8) is 0 Å². The van der Waals surface area contributed by atoms with Crippen molar-refractivity contribution in [2.45, 2.75) is 12.8 Å². The number of carbonyl (C=O) groups excluding carboxylic acids is 1. The number of hydrogen-bond donors (Lipinski definition) is 1. The second-order valence-corrected chi connectivity index (χ2v) is 2.79. The summed E-state index contributed by atoms with van der Waals surface area (Å²) in [4.78, 5) is 10.7. The molecule has 0 saturated carbocycles. The quantitative estimate of drug-likeness (QED) is 0.746. The molecule has 1 aromatic carbocycles. The first-order chi connectivity index (χ1) is 6.02. The van der Waals surface area contributed by atoms with Crippen LogP contribution in [0.3, 0.4) is 0 Å². The molecular weight excluding hydrogens is 176 g/mol. The minimum atomic E-state index is -0.744. The summed E-state index contributed by atoms with van der Waals surface area (Å²) in [6.45, 7) is 1.47. The van der Waals surface area contributed by atoms with Crippen LogP contribution in [0.25, 0.3) is 0 Å². The third-order valence-corrected chi connectivity index (χ3v) is 1.86. The largest absolute Gasteiger partial charge is 0.369 e. The van der Waals surface area contributed by atoms with E-state index < -0.39 is 23.5 Å². The molecule has 1 rings (SSSR count). The zero-order valence-electron chi connectivity index (χ0n) is 7.05. The Morgan fingerprint density at radius 3 is 2.54 bits per heavy atom. The van der Waals surface area contributed by atoms with Crippen molar-refractivity contribution < 1.29 is 13.6 Å². The van der Waals surface area contributed by atoms with Gasteiger partial charge < -0.3 is 5.73 Å². The van der Waals surface area contributed by atoms with E-state index in [2.05, 4.69) is 0 Å². The molecule has 0 bridgehead atoms. The number of amides is 1. The van der Waals surface area contributed by atoms with Gasteiger partial charge >= 0.3 is 0 Å². The van der Waals surface area contributed by atoms with Crippen molar-refractivity contribution in [1.82, 2.24) is 0 Å². The molecule has 1 atom stereocenters. The number of halogens is 2. The predicted octanol–water partition coefficient (Wildman–Crippen LogP) is 1.55. The van der Waals surface area contributed by atoms with Gasteiger partial charge in [-0.3, -0.25) is 4.79 Å². The van der Waals surface area contributed by atoms with Crippen molar-refractivity contribution in [2.75, 3.05) is 0 Å². The van der Waals surface area contributed by atoms with Crippen LogP contribution >= 0.6 is 0 Å². The molecule has 0 aliphatic carbocycles. The number of nitrogens with two attached hydrogens (primary N) is 1. The molecule has 0 aliphatic heterocycles. The molecule has 2 nitrogen and oxygen atoms in total. The van der Waals surface area contributed by atoms with E-state index in [1.165, 1.54) is 13.0 Å². The van der Waals surface area contributed by atoms with E-state index >= 15 is 0 Å². The third-order valence-electron chi connectivity index (χ3n) is 1.86. The number of primary amides is 1. The Hall–Kier alpha value is -1.45. The van der Waals surface area contributed by atoms with E-state index in [9.17, 15) is 13.6 Å². The average molecular weight is 185 g/mol. The average Bonchev–Trinajstić information content (AvgIpc) is 2.03. The van der Waals surface area contributed by atoms with Crippen LogP contribution in [0.2, 0.25) is 0 Å². The summed E-state index contributed by atoms with van der Waals surface area (Å²) < 4.78 is 25.5. The topological polar surface area (TPSA) is 43.1 Å². The Kier molecular flexibility index (Phi) is 2.60. The molecule has 0 aliphatic rings. The van der Waals surface area contributed by atoms with Crippen LogP contribution in [0.15, 0.2) is 18.2 Å². The smallest absolute Gasteiger partial charge is 0.224 e. The first-order valence-corrected chi connectivity index (χ1v) is 3.76. The fourth-order valence-corrected chi connectivity index (χ4v) is 1.01. The van der Waals surface area contributed by atoms with E-state index in [0.717, 1.165) is 12.1 Å². The lowest BCUT2D eigenvalue weighted by molar-refractivity contribution is -0.119. The highest BCUT2D eigenvalue weighted by Crippen LogP contribution is 2.18. The molecule has 0 aromatic heterocycles. The van der Waals surface area contributed by atoms with Gasteiger partial charge in [-0.1, -0.05) is 6.07 Å². The fourth-order valence-electron chi connectivity index (χ4n) is 1.01. The standard InChI is InChI=1S/C9H9F2NO/c1-5(9(12)13)7-3-2-6(10)4-8(7)11/h2-5H,1H3,(H2,12,13). The van der Waals surface area contributed by atoms with Gasteiger partial charge in [0.15, 0.2) is 0 Å². The summed E-state index contributed by atoms with van der Waals surface area (Å²) >= 11 is 0. The van der Waals surface area contributed by atoms with Crippen LogP contribution in [0.1, 0.15) is 18.4 Å². The van der Waals surface area contributed by atoms with Gasteiger partial charge in [0.1, 0.15) is 11.6 Å². The summed E-state index contributed by atoms with van der Waals surface area (Å²) in [5, 5.41) is 0. The van der Waals surface area contributed by atoms with Gasteiger partial charge in [0.2, 0.25) is 5.91 Å².